The van der Waals surface area contributed by atoms with E-state index in [9.17, 15) is 9.90 Å². The molecule has 1 aromatic heterocycles. The van der Waals surface area contributed by atoms with Crippen LogP contribution in [-0.2, 0) is 13.0 Å². The van der Waals surface area contributed by atoms with E-state index in [0.717, 1.165) is 44.2 Å². The molecule has 128 valence electrons. The van der Waals surface area contributed by atoms with Crippen LogP contribution in [0.5, 0.6) is 5.75 Å². The number of carbonyl (C=O) groups is 1. The van der Waals surface area contributed by atoms with E-state index in [4.69, 9.17) is 9.52 Å². The van der Waals surface area contributed by atoms with Crippen molar-refractivity contribution in [1.29, 1.82) is 0 Å². The van der Waals surface area contributed by atoms with Gasteiger partial charge in [-0.1, -0.05) is 12.1 Å². The SMILES string of the molecule is O=C(c1ccc(CO)o1)N1CCCCC1CCc1cccc(O)c1. The predicted molar refractivity (Wildman–Crippen MR) is 89.7 cm³/mol. The largest absolute Gasteiger partial charge is 0.508 e. The minimum absolute atomic E-state index is 0.102. The lowest BCUT2D eigenvalue weighted by atomic mass is 9.95. The third-order valence-corrected chi connectivity index (χ3v) is 4.59. The lowest BCUT2D eigenvalue weighted by Crippen LogP contribution is -2.43. The average molecular weight is 329 g/mol. The molecule has 1 fully saturated rings. The van der Waals surface area contributed by atoms with Gasteiger partial charge in [0.05, 0.1) is 0 Å². The number of aliphatic hydroxyl groups excluding tert-OH is 1. The molecule has 1 saturated heterocycles. The Morgan fingerprint density at radius 3 is 2.88 bits per heavy atom. The zero-order valence-electron chi connectivity index (χ0n) is 13.6. The van der Waals surface area contributed by atoms with Crippen molar-refractivity contribution < 1.29 is 19.4 Å². The molecule has 24 heavy (non-hydrogen) atoms. The van der Waals surface area contributed by atoms with Crippen molar-refractivity contribution in [2.24, 2.45) is 0 Å². The predicted octanol–water partition coefficient (Wildman–Crippen LogP) is 3.11. The highest BCUT2D eigenvalue weighted by molar-refractivity contribution is 5.91. The maximum absolute atomic E-state index is 12.7. The number of likely N-dealkylation sites (tertiary alicyclic amines) is 1. The first-order valence-electron chi connectivity index (χ1n) is 8.46. The molecule has 1 amide bonds. The molecule has 0 radical (unpaired) electrons. The molecule has 1 unspecified atom stereocenters. The summed E-state index contributed by atoms with van der Waals surface area (Å²) in [6, 6.07) is 10.7. The minimum atomic E-state index is -0.200. The van der Waals surface area contributed by atoms with Crippen LogP contribution >= 0.6 is 0 Å². The molecule has 0 saturated carbocycles. The zero-order chi connectivity index (χ0) is 16.9. The molecule has 1 aromatic carbocycles. The molecule has 5 nitrogen and oxygen atoms in total. The summed E-state index contributed by atoms with van der Waals surface area (Å²) in [5.41, 5.74) is 1.08. The molecule has 2 N–H and O–H groups in total. The monoisotopic (exact) mass is 329 g/mol. The maximum Gasteiger partial charge on any atom is 0.289 e. The van der Waals surface area contributed by atoms with Crippen molar-refractivity contribution in [3.05, 3.63) is 53.5 Å². The van der Waals surface area contributed by atoms with Gasteiger partial charge in [-0.3, -0.25) is 4.79 Å². The zero-order valence-corrected chi connectivity index (χ0v) is 13.6. The standard InChI is InChI=1S/C19H23NO4/c21-13-17-9-10-18(24-17)19(23)20-11-2-1-5-15(20)8-7-14-4-3-6-16(22)12-14/h3-4,6,9-10,12,15,21-22H,1-2,5,7-8,11,13H2. The van der Waals surface area contributed by atoms with Gasteiger partial charge in [-0.2, -0.15) is 0 Å². The van der Waals surface area contributed by atoms with Crippen molar-refractivity contribution in [3.63, 3.8) is 0 Å². The van der Waals surface area contributed by atoms with Crippen molar-refractivity contribution in [1.82, 2.24) is 4.90 Å². The number of carbonyl (C=O) groups excluding carboxylic acids is 1. The van der Waals surface area contributed by atoms with E-state index in [1.165, 1.54) is 0 Å². The smallest absolute Gasteiger partial charge is 0.289 e. The van der Waals surface area contributed by atoms with Crippen molar-refractivity contribution >= 4 is 5.91 Å². The molecule has 2 heterocycles. The Labute approximate surface area is 141 Å². The summed E-state index contributed by atoms with van der Waals surface area (Å²) in [5, 5.41) is 18.7. The molecule has 1 aliphatic rings. The number of aryl methyl sites for hydroxylation is 1. The van der Waals surface area contributed by atoms with Crippen molar-refractivity contribution in [2.45, 2.75) is 44.8 Å². The number of furan rings is 1. The summed E-state index contributed by atoms with van der Waals surface area (Å²) in [6.07, 6.45) is 4.79. The van der Waals surface area contributed by atoms with Crippen molar-refractivity contribution in [3.8, 4) is 5.75 Å². The van der Waals surface area contributed by atoms with E-state index < -0.39 is 0 Å². The van der Waals surface area contributed by atoms with Gasteiger partial charge >= 0.3 is 0 Å². The number of hydrogen-bond donors (Lipinski definition) is 2. The second-order valence-corrected chi connectivity index (χ2v) is 6.28. The Bertz CT molecular complexity index is 694. The van der Waals surface area contributed by atoms with Gasteiger partial charge in [-0.05, 0) is 61.9 Å². The summed E-state index contributed by atoms with van der Waals surface area (Å²) in [6.45, 7) is 0.535. The van der Waals surface area contributed by atoms with E-state index in [-0.39, 0.29) is 24.3 Å². The van der Waals surface area contributed by atoms with Gasteiger partial charge in [0.25, 0.3) is 5.91 Å². The van der Waals surface area contributed by atoms with Gasteiger partial charge in [0.1, 0.15) is 18.1 Å². The molecule has 3 rings (SSSR count). The summed E-state index contributed by atoms with van der Waals surface area (Å²) < 4.78 is 5.40. The Morgan fingerprint density at radius 1 is 1.25 bits per heavy atom. The Hall–Kier alpha value is -2.27. The summed E-state index contributed by atoms with van der Waals surface area (Å²) in [7, 11) is 0. The van der Waals surface area contributed by atoms with E-state index >= 15 is 0 Å². The molecular weight excluding hydrogens is 306 g/mol. The molecule has 5 heteroatoms. The number of aliphatic hydroxyl groups is 1. The third kappa shape index (κ3) is 3.79. The van der Waals surface area contributed by atoms with Crippen LogP contribution in [0.2, 0.25) is 0 Å². The molecule has 1 atom stereocenters. The minimum Gasteiger partial charge on any atom is -0.508 e. The van der Waals surface area contributed by atoms with Crippen LogP contribution in [-0.4, -0.2) is 33.6 Å². The number of phenolic OH excluding ortho intramolecular Hbond substituents is 1. The van der Waals surface area contributed by atoms with Crippen LogP contribution < -0.4 is 0 Å². The van der Waals surface area contributed by atoms with Crippen LogP contribution in [0, 0.1) is 0 Å². The number of benzene rings is 1. The van der Waals surface area contributed by atoms with Gasteiger partial charge in [0.2, 0.25) is 0 Å². The topological polar surface area (TPSA) is 73.9 Å². The van der Waals surface area contributed by atoms with E-state index in [1.807, 2.05) is 17.0 Å². The first-order valence-corrected chi connectivity index (χ1v) is 8.46. The maximum atomic E-state index is 12.7. The van der Waals surface area contributed by atoms with Crippen LogP contribution in [0.15, 0.2) is 40.8 Å². The summed E-state index contributed by atoms with van der Waals surface area (Å²) >= 11 is 0. The van der Waals surface area contributed by atoms with E-state index in [2.05, 4.69) is 0 Å². The second kappa shape index (κ2) is 7.53. The van der Waals surface area contributed by atoms with Crippen molar-refractivity contribution in [2.75, 3.05) is 6.54 Å². The average Bonchev–Trinajstić information content (AvgIpc) is 3.09. The molecule has 1 aliphatic heterocycles. The molecule has 0 spiro atoms. The lowest BCUT2D eigenvalue weighted by molar-refractivity contribution is 0.0565. The van der Waals surface area contributed by atoms with E-state index in [1.54, 1.807) is 24.3 Å². The van der Waals surface area contributed by atoms with Gasteiger partial charge in [0.15, 0.2) is 5.76 Å². The van der Waals surface area contributed by atoms with Gasteiger partial charge < -0.3 is 19.5 Å². The normalized spacial score (nSPS) is 17.9. The fraction of sp³-hybridized carbons (Fsp3) is 0.421. The van der Waals surface area contributed by atoms with Crippen LogP contribution in [0.3, 0.4) is 0 Å². The first kappa shape index (κ1) is 16.6. The number of phenols is 1. The second-order valence-electron chi connectivity index (χ2n) is 6.28. The van der Waals surface area contributed by atoms with Crippen LogP contribution in [0.4, 0.5) is 0 Å². The quantitative estimate of drug-likeness (QED) is 0.884. The van der Waals surface area contributed by atoms with Gasteiger partial charge in [-0.25, -0.2) is 0 Å². The highest BCUT2D eigenvalue weighted by atomic mass is 16.4. The number of amides is 1. The number of piperidine rings is 1. The first-order chi connectivity index (χ1) is 11.7. The number of nitrogens with zero attached hydrogens (tertiary/aromatic N) is 1. The molecular formula is C19H23NO4. The Balaban J connectivity index is 1.67. The number of hydrogen-bond acceptors (Lipinski definition) is 4. The lowest BCUT2D eigenvalue weighted by Gasteiger charge is -2.35. The fourth-order valence-corrected chi connectivity index (χ4v) is 3.33. The fourth-order valence-electron chi connectivity index (χ4n) is 3.33. The van der Waals surface area contributed by atoms with Crippen LogP contribution in [0.25, 0.3) is 0 Å². The molecule has 2 aromatic rings. The highest BCUT2D eigenvalue weighted by Crippen LogP contribution is 2.24. The van der Waals surface area contributed by atoms with Gasteiger partial charge in [0, 0.05) is 12.6 Å². The third-order valence-electron chi connectivity index (χ3n) is 4.59. The Kier molecular flexibility index (Phi) is 5.20. The Morgan fingerprint density at radius 2 is 2.12 bits per heavy atom. The molecule has 0 aliphatic carbocycles. The van der Waals surface area contributed by atoms with E-state index in [0.29, 0.717) is 11.5 Å². The number of rotatable bonds is 5. The van der Waals surface area contributed by atoms with Crippen LogP contribution in [0.1, 0.15) is 47.6 Å². The highest BCUT2D eigenvalue weighted by Gasteiger charge is 2.28. The summed E-state index contributed by atoms with van der Waals surface area (Å²) in [4.78, 5) is 14.6. The molecule has 0 bridgehead atoms. The number of aromatic hydroxyl groups is 1. The summed E-state index contributed by atoms with van der Waals surface area (Å²) in [5.74, 6) is 0.876. The van der Waals surface area contributed by atoms with Gasteiger partial charge in [-0.15, -0.1) is 0 Å².